The number of rotatable bonds is 8. The molecule has 0 aromatic carbocycles. The molecule has 0 saturated heterocycles. The Hall–Kier alpha value is -3.42. The normalized spacial score (nSPS) is 10.6. The second kappa shape index (κ2) is 9.18. The fraction of sp³-hybridized carbons (Fsp3) is 0.333. The lowest BCUT2D eigenvalue weighted by molar-refractivity contribution is 0.0527. The smallest absolute Gasteiger partial charge is 0.341 e. The van der Waals surface area contributed by atoms with Crippen molar-refractivity contribution in [2.24, 2.45) is 0 Å². The number of carbonyl (C=O) groups is 1. The average Bonchev–Trinajstić information content (AvgIpc) is 2.71. The zero-order valence-corrected chi connectivity index (χ0v) is 17.0. The maximum atomic E-state index is 12.5. The Morgan fingerprint density at radius 1 is 1.03 bits per heavy atom. The maximum Gasteiger partial charge on any atom is 0.341 e. The number of anilines is 2. The van der Waals surface area contributed by atoms with Crippen molar-refractivity contribution in [3.63, 3.8) is 0 Å². The molecule has 152 valence electrons. The highest BCUT2D eigenvalue weighted by Crippen LogP contribution is 2.32. The molecule has 29 heavy (non-hydrogen) atoms. The van der Waals surface area contributed by atoms with Crippen LogP contribution in [0, 0.1) is 6.92 Å². The second-order valence-electron chi connectivity index (χ2n) is 6.09. The van der Waals surface area contributed by atoms with Gasteiger partial charge in [-0.1, -0.05) is 0 Å². The standard InChI is InChI=1S/C21H24N4O4/c1-5-27-17-10-15-19(25-14-8-9-18(22-11-14)28-6-2)16(21(26)29-7-3)12-23-20(15)24-13(17)4/h8-12H,5-7H2,1-4H3,(H,23,24,25). The Morgan fingerprint density at radius 2 is 1.83 bits per heavy atom. The summed E-state index contributed by atoms with van der Waals surface area (Å²) in [5.41, 5.74) is 2.75. The summed E-state index contributed by atoms with van der Waals surface area (Å²) in [5, 5.41) is 3.91. The number of ether oxygens (including phenoxy) is 3. The summed E-state index contributed by atoms with van der Waals surface area (Å²) in [6, 6.07) is 5.42. The third kappa shape index (κ3) is 4.53. The molecule has 3 aromatic rings. The van der Waals surface area contributed by atoms with Crippen LogP contribution in [0.2, 0.25) is 0 Å². The van der Waals surface area contributed by atoms with Crippen molar-refractivity contribution in [3.8, 4) is 11.6 Å². The summed E-state index contributed by atoms with van der Waals surface area (Å²) < 4.78 is 16.3. The third-order valence-corrected chi connectivity index (χ3v) is 4.09. The van der Waals surface area contributed by atoms with Gasteiger partial charge in [-0.2, -0.15) is 0 Å². The molecule has 0 aliphatic rings. The van der Waals surface area contributed by atoms with Crippen LogP contribution in [0.15, 0.2) is 30.6 Å². The molecule has 8 heteroatoms. The molecule has 0 radical (unpaired) electrons. The average molecular weight is 396 g/mol. The van der Waals surface area contributed by atoms with E-state index in [-0.39, 0.29) is 6.61 Å². The van der Waals surface area contributed by atoms with Gasteiger partial charge in [0, 0.05) is 17.6 Å². The fourth-order valence-electron chi connectivity index (χ4n) is 2.82. The van der Waals surface area contributed by atoms with Crippen LogP contribution >= 0.6 is 0 Å². The van der Waals surface area contributed by atoms with E-state index in [9.17, 15) is 4.79 Å². The lowest BCUT2D eigenvalue weighted by atomic mass is 10.1. The third-order valence-electron chi connectivity index (χ3n) is 4.09. The first-order valence-electron chi connectivity index (χ1n) is 9.53. The van der Waals surface area contributed by atoms with Gasteiger partial charge in [-0.3, -0.25) is 0 Å². The SMILES string of the molecule is CCOC(=O)c1cnc2nc(C)c(OCC)cc2c1Nc1ccc(OCC)nc1. The van der Waals surface area contributed by atoms with Crippen molar-refractivity contribution in [2.45, 2.75) is 27.7 Å². The summed E-state index contributed by atoms with van der Waals surface area (Å²) in [6.45, 7) is 8.72. The number of aromatic nitrogens is 3. The maximum absolute atomic E-state index is 12.5. The highest BCUT2D eigenvalue weighted by atomic mass is 16.5. The van der Waals surface area contributed by atoms with E-state index in [4.69, 9.17) is 14.2 Å². The number of fused-ring (bicyclic) bond motifs is 1. The lowest BCUT2D eigenvalue weighted by Gasteiger charge is -2.15. The number of pyridine rings is 3. The van der Waals surface area contributed by atoms with Crippen LogP contribution in [-0.2, 0) is 4.74 Å². The van der Waals surface area contributed by atoms with Crippen molar-refractivity contribution < 1.29 is 19.0 Å². The first-order valence-corrected chi connectivity index (χ1v) is 9.53. The molecule has 0 aliphatic carbocycles. The predicted molar refractivity (Wildman–Crippen MR) is 110 cm³/mol. The van der Waals surface area contributed by atoms with Gasteiger partial charge in [-0.05, 0) is 39.8 Å². The number of hydrogen-bond donors (Lipinski definition) is 1. The molecule has 0 fully saturated rings. The van der Waals surface area contributed by atoms with Crippen molar-refractivity contribution >= 4 is 28.4 Å². The number of carbonyl (C=O) groups excluding carboxylic acids is 1. The van der Waals surface area contributed by atoms with Crippen LogP contribution in [0.25, 0.3) is 11.0 Å². The zero-order chi connectivity index (χ0) is 20.8. The first kappa shape index (κ1) is 20.3. The Balaban J connectivity index is 2.12. The molecule has 0 bridgehead atoms. The molecule has 0 spiro atoms. The molecule has 3 aromatic heterocycles. The molecular weight excluding hydrogens is 372 g/mol. The molecule has 0 unspecified atom stereocenters. The fourth-order valence-corrected chi connectivity index (χ4v) is 2.82. The molecule has 0 aliphatic heterocycles. The summed E-state index contributed by atoms with van der Waals surface area (Å²) in [4.78, 5) is 25.6. The molecule has 8 nitrogen and oxygen atoms in total. The Bertz CT molecular complexity index is 1010. The van der Waals surface area contributed by atoms with Crippen LogP contribution in [0.4, 0.5) is 11.4 Å². The highest BCUT2D eigenvalue weighted by Gasteiger charge is 2.19. The van der Waals surface area contributed by atoms with Gasteiger partial charge in [0.05, 0.1) is 43.1 Å². The number of esters is 1. The van der Waals surface area contributed by atoms with Gasteiger partial charge in [0.1, 0.15) is 11.3 Å². The molecule has 1 N–H and O–H groups in total. The topological polar surface area (TPSA) is 95.5 Å². The van der Waals surface area contributed by atoms with E-state index in [0.29, 0.717) is 52.8 Å². The highest BCUT2D eigenvalue weighted by molar-refractivity contribution is 6.05. The van der Waals surface area contributed by atoms with E-state index in [1.807, 2.05) is 32.9 Å². The Morgan fingerprint density at radius 3 is 2.48 bits per heavy atom. The number of aryl methyl sites for hydroxylation is 1. The van der Waals surface area contributed by atoms with Crippen LogP contribution in [-0.4, -0.2) is 40.7 Å². The second-order valence-corrected chi connectivity index (χ2v) is 6.09. The van der Waals surface area contributed by atoms with Gasteiger partial charge in [0.2, 0.25) is 5.88 Å². The molecule has 0 amide bonds. The summed E-state index contributed by atoms with van der Waals surface area (Å²) in [5.74, 6) is 0.691. The van der Waals surface area contributed by atoms with E-state index in [0.717, 1.165) is 5.69 Å². The van der Waals surface area contributed by atoms with Crippen molar-refractivity contribution in [3.05, 3.63) is 41.9 Å². The van der Waals surface area contributed by atoms with E-state index >= 15 is 0 Å². The molecule has 0 atom stereocenters. The molecule has 3 heterocycles. The van der Waals surface area contributed by atoms with Gasteiger partial charge >= 0.3 is 5.97 Å². The largest absolute Gasteiger partial charge is 0.492 e. The Labute approximate surface area is 169 Å². The van der Waals surface area contributed by atoms with Crippen molar-refractivity contribution in [1.82, 2.24) is 15.0 Å². The molecule has 3 rings (SSSR count). The summed E-state index contributed by atoms with van der Waals surface area (Å²) in [7, 11) is 0. The van der Waals surface area contributed by atoms with Crippen LogP contribution < -0.4 is 14.8 Å². The van der Waals surface area contributed by atoms with E-state index in [2.05, 4.69) is 20.3 Å². The predicted octanol–water partition coefficient (Wildman–Crippen LogP) is 4.05. The van der Waals surface area contributed by atoms with Crippen LogP contribution in [0.1, 0.15) is 36.8 Å². The van der Waals surface area contributed by atoms with E-state index in [1.54, 1.807) is 19.2 Å². The van der Waals surface area contributed by atoms with Gasteiger partial charge in [-0.25, -0.2) is 19.7 Å². The van der Waals surface area contributed by atoms with Gasteiger partial charge in [-0.15, -0.1) is 0 Å². The van der Waals surface area contributed by atoms with E-state index in [1.165, 1.54) is 6.20 Å². The van der Waals surface area contributed by atoms with Crippen molar-refractivity contribution in [1.29, 1.82) is 0 Å². The number of nitrogens with zero attached hydrogens (tertiary/aromatic N) is 3. The summed E-state index contributed by atoms with van der Waals surface area (Å²) >= 11 is 0. The minimum absolute atomic E-state index is 0.261. The number of nitrogens with one attached hydrogen (secondary N) is 1. The van der Waals surface area contributed by atoms with E-state index < -0.39 is 5.97 Å². The lowest BCUT2D eigenvalue weighted by Crippen LogP contribution is -2.10. The van der Waals surface area contributed by atoms with Crippen LogP contribution in [0.5, 0.6) is 11.6 Å². The Kier molecular flexibility index (Phi) is 6.43. The van der Waals surface area contributed by atoms with Gasteiger partial charge in [0.15, 0.2) is 5.65 Å². The molecule has 0 saturated carbocycles. The minimum Gasteiger partial charge on any atom is -0.492 e. The summed E-state index contributed by atoms with van der Waals surface area (Å²) in [6.07, 6.45) is 3.11. The monoisotopic (exact) mass is 396 g/mol. The molecular formula is C21H24N4O4. The first-order chi connectivity index (χ1) is 14.1. The van der Waals surface area contributed by atoms with Crippen molar-refractivity contribution in [2.75, 3.05) is 25.1 Å². The van der Waals surface area contributed by atoms with Gasteiger partial charge < -0.3 is 19.5 Å². The quantitative estimate of drug-likeness (QED) is 0.570. The number of hydrogen-bond acceptors (Lipinski definition) is 8. The van der Waals surface area contributed by atoms with Crippen LogP contribution in [0.3, 0.4) is 0 Å². The van der Waals surface area contributed by atoms with Gasteiger partial charge in [0.25, 0.3) is 0 Å². The minimum atomic E-state index is -0.471. The zero-order valence-electron chi connectivity index (χ0n) is 17.0.